The molecule has 1 aromatic carbocycles. The van der Waals surface area contributed by atoms with Crippen molar-refractivity contribution in [2.75, 3.05) is 25.1 Å². The van der Waals surface area contributed by atoms with Crippen LogP contribution in [0.5, 0.6) is 5.75 Å². The van der Waals surface area contributed by atoms with E-state index in [9.17, 15) is 9.59 Å². The second-order valence-corrected chi connectivity index (χ2v) is 18.0. The first kappa shape index (κ1) is 35.9. The molecule has 8 rings (SSSR count). The Labute approximate surface area is 308 Å². The Morgan fingerprint density at radius 2 is 1.71 bits per heavy atom. The fourth-order valence-corrected chi connectivity index (χ4v) is 10.2. The maximum Gasteiger partial charge on any atom is 0.410 e. The normalized spacial score (nSPS) is 27.5. The maximum atomic E-state index is 14.7. The molecule has 3 heterocycles. The highest BCUT2D eigenvalue weighted by atomic mass is 32.1. The van der Waals surface area contributed by atoms with Gasteiger partial charge in [0.25, 0.3) is 0 Å². The molecule has 5 fully saturated rings. The molecular weight excluding hydrogens is 657 g/mol. The quantitative estimate of drug-likeness (QED) is 0.220. The molecule has 1 atom stereocenters. The minimum Gasteiger partial charge on any atom is -0.496 e. The van der Waals surface area contributed by atoms with Gasteiger partial charge in [0.2, 0.25) is 5.91 Å². The van der Waals surface area contributed by atoms with Crippen molar-refractivity contribution < 1.29 is 19.1 Å². The molecule has 0 spiro atoms. The predicted molar refractivity (Wildman–Crippen MR) is 204 cm³/mol. The smallest absolute Gasteiger partial charge is 0.410 e. The molecule has 4 aliphatic carbocycles. The summed E-state index contributed by atoms with van der Waals surface area (Å²) in [6, 6.07) is 11.2. The van der Waals surface area contributed by atoms with Crippen molar-refractivity contribution in [3.05, 3.63) is 58.9 Å². The number of likely N-dealkylation sites (tertiary alicyclic amines) is 1. The summed E-state index contributed by atoms with van der Waals surface area (Å²) in [5.41, 5.74) is 3.93. The number of fused-ring (bicyclic) bond motifs is 3. The minimum atomic E-state index is -0.183. The molecule has 0 N–H and O–H groups in total. The minimum absolute atomic E-state index is 0.0260. The van der Waals surface area contributed by atoms with Gasteiger partial charge in [-0.15, -0.1) is 11.3 Å². The first-order valence-corrected chi connectivity index (χ1v) is 20.1. The first-order chi connectivity index (χ1) is 24.4. The number of rotatable bonds is 9. The van der Waals surface area contributed by atoms with Crippen LogP contribution in [0.3, 0.4) is 0 Å². The Hall–Kier alpha value is -3.46. The molecule has 4 saturated carbocycles. The van der Waals surface area contributed by atoms with Gasteiger partial charge in [0.05, 0.1) is 17.0 Å². The highest BCUT2D eigenvalue weighted by Gasteiger charge is 2.51. The summed E-state index contributed by atoms with van der Waals surface area (Å²) in [6.07, 6.45) is 15.1. The number of methoxy groups -OCH3 is 1. The fraction of sp³-hybridized carbons (Fsp3) is 0.619. The van der Waals surface area contributed by atoms with Crippen LogP contribution in [0, 0.1) is 18.3 Å². The molecule has 0 unspecified atom stereocenters. The number of aryl methyl sites for hydroxylation is 1. The summed E-state index contributed by atoms with van der Waals surface area (Å²) < 4.78 is 11.5. The highest BCUT2D eigenvalue weighted by molar-refractivity contribution is 7.15. The van der Waals surface area contributed by atoms with E-state index in [4.69, 9.17) is 19.4 Å². The van der Waals surface area contributed by atoms with E-state index in [0.29, 0.717) is 12.6 Å². The number of nitrogens with zero attached hydrogens (tertiary/aromatic N) is 4. The number of aromatic nitrogens is 2. The lowest BCUT2D eigenvalue weighted by Gasteiger charge is -2.55. The molecule has 2 bridgehead atoms. The number of benzene rings is 1. The summed E-state index contributed by atoms with van der Waals surface area (Å²) in [5, 5.41) is 1.10. The van der Waals surface area contributed by atoms with Crippen LogP contribution in [-0.2, 0) is 20.4 Å². The van der Waals surface area contributed by atoms with Gasteiger partial charge in [-0.05, 0) is 130 Å². The fourth-order valence-electron chi connectivity index (χ4n) is 9.19. The molecule has 0 radical (unpaired) electrons. The van der Waals surface area contributed by atoms with Crippen LogP contribution in [0.1, 0.15) is 121 Å². The van der Waals surface area contributed by atoms with Gasteiger partial charge in [0.1, 0.15) is 17.7 Å². The lowest BCUT2D eigenvalue weighted by atomic mass is 9.51. The number of hydrogen-bond donors (Lipinski definition) is 0. The number of hydrogen-bond acceptors (Lipinski definition) is 7. The van der Waals surface area contributed by atoms with Gasteiger partial charge in [0, 0.05) is 42.9 Å². The van der Waals surface area contributed by atoms with Crippen LogP contribution < -0.4 is 9.64 Å². The van der Waals surface area contributed by atoms with Gasteiger partial charge in [0.15, 0.2) is 0 Å². The average Bonchev–Trinajstić information content (AvgIpc) is 3.63. The van der Waals surface area contributed by atoms with E-state index in [0.717, 1.165) is 111 Å². The van der Waals surface area contributed by atoms with Gasteiger partial charge < -0.3 is 14.4 Å². The van der Waals surface area contributed by atoms with Crippen LogP contribution in [0.4, 0.5) is 10.6 Å². The number of amides is 2. The summed E-state index contributed by atoms with van der Waals surface area (Å²) >= 11 is 1.72. The monoisotopic (exact) mass is 712 g/mol. The third-order valence-corrected chi connectivity index (χ3v) is 14.2. The molecule has 9 heteroatoms. The SMILES string of the molecule is CC[C@@H]1CCN1C(=O)O[C@H]1CC[C@H](C(=O)N(CC23CCC(c4ccc(OC)c(C)c4)(CC2)CC3)c2cc(-c3cnc(C(C)(C)C)s3)ccn2)CC1. The largest absolute Gasteiger partial charge is 0.496 e. The van der Waals surface area contributed by atoms with E-state index in [1.165, 1.54) is 11.1 Å². The van der Waals surface area contributed by atoms with E-state index in [2.05, 4.69) is 58.9 Å². The molecule has 274 valence electrons. The summed E-state index contributed by atoms with van der Waals surface area (Å²) in [7, 11) is 1.74. The van der Waals surface area contributed by atoms with Crippen molar-refractivity contribution in [2.24, 2.45) is 11.3 Å². The molecular formula is C42H56N4O4S. The van der Waals surface area contributed by atoms with Gasteiger partial charge >= 0.3 is 6.09 Å². The number of pyridine rings is 1. The van der Waals surface area contributed by atoms with E-state index in [1.807, 2.05) is 28.3 Å². The Kier molecular flexibility index (Phi) is 9.98. The standard InChI is InChI=1S/C42H56N4O4S/c1-7-32-15-23-45(32)39(48)50-33-11-8-29(9-12-33)37(47)46(36-25-30(14-22-43-36)35-26-44-38(51-35)40(3,4)5)27-41-16-19-42(20-17-41,21-18-41)31-10-13-34(49-6)28(2)24-31/h10,13-14,22,24-26,29,32-33H,7-9,11-12,15-21,23,27H2,1-6H3/t29-,32-,33-,41?,42?/m1/s1. The van der Waals surface area contributed by atoms with Crippen molar-refractivity contribution >= 4 is 29.2 Å². The van der Waals surface area contributed by atoms with Crippen LogP contribution in [0.25, 0.3) is 10.4 Å². The first-order valence-electron chi connectivity index (χ1n) is 19.3. The summed E-state index contributed by atoms with van der Waals surface area (Å²) in [4.78, 5) is 42.2. The molecule has 3 aromatic rings. The number of anilines is 1. The molecule has 2 aromatic heterocycles. The lowest BCUT2D eigenvalue weighted by Crippen LogP contribution is -2.52. The zero-order valence-electron chi connectivity index (χ0n) is 31.5. The zero-order valence-corrected chi connectivity index (χ0v) is 32.3. The average molecular weight is 713 g/mol. The molecule has 51 heavy (non-hydrogen) atoms. The Morgan fingerprint density at radius 3 is 2.29 bits per heavy atom. The third-order valence-electron chi connectivity index (χ3n) is 12.8. The van der Waals surface area contributed by atoms with Crippen molar-refractivity contribution in [3.63, 3.8) is 0 Å². The third kappa shape index (κ3) is 7.16. The topological polar surface area (TPSA) is 84.9 Å². The predicted octanol–water partition coefficient (Wildman–Crippen LogP) is 9.62. The lowest BCUT2D eigenvalue weighted by molar-refractivity contribution is -0.124. The highest BCUT2D eigenvalue weighted by Crippen LogP contribution is 2.58. The molecule has 1 aliphatic heterocycles. The van der Waals surface area contributed by atoms with Crippen LogP contribution >= 0.6 is 11.3 Å². The van der Waals surface area contributed by atoms with E-state index >= 15 is 0 Å². The summed E-state index contributed by atoms with van der Waals surface area (Å²) in [6.45, 7) is 12.3. The molecule has 5 aliphatic rings. The Balaban J connectivity index is 1.10. The molecule has 8 nitrogen and oxygen atoms in total. The molecule has 1 saturated heterocycles. The van der Waals surface area contributed by atoms with Gasteiger partial charge in [-0.1, -0.05) is 39.8 Å². The molecule has 2 amide bonds. The Morgan fingerprint density at radius 1 is 0.980 bits per heavy atom. The van der Waals surface area contributed by atoms with Gasteiger partial charge in [-0.3, -0.25) is 9.69 Å². The number of carbonyl (C=O) groups excluding carboxylic acids is 2. The van der Waals surface area contributed by atoms with Crippen LogP contribution in [0.2, 0.25) is 0 Å². The second kappa shape index (κ2) is 14.2. The van der Waals surface area contributed by atoms with Crippen molar-refractivity contribution in [2.45, 2.75) is 135 Å². The van der Waals surface area contributed by atoms with Crippen molar-refractivity contribution in [1.29, 1.82) is 0 Å². The van der Waals surface area contributed by atoms with E-state index < -0.39 is 0 Å². The number of carbonyl (C=O) groups is 2. The van der Waals surface area contributed by atoms with E-state index in [-0.39, 0.29) is 40.3 Å². The number of ether oxygens (including phenoxy) is 2. The van der Waals surface area contributed by atoms with Crippen LogP contribution in [0.15, 0.2) is 42.7 Å². The summed E-state index contributed by atoms with van der Waals surface area (Å²) in [5.74, 6) is 1.74. The van der Waals surface area contributed by atoms with Crippen molar-refractivity contribution in [3.8, 4) is 16.2 Å². The zero-order chi connectivity index (χ0) is 36.0. The maximum absolute atomic E-state index is 14.7. The van der Waals surface area contributed by atoms with Crippen LogP contribution in [-0.4, -0.2) is 59.2 Å². The van der Waals surface area contributed by atoms with Crippen molar-refractivity contribution in [1.82, 2.24) is 14.9 Å². The Bertz CT molecular complexity index is 1710. The van der Waals surface area contributed by atoms with Gasteiger partial charge in [-0.25, -0.2) is 14.8 Å². The van der Waals surface area contributed by atoms with Gasteiger partial charge in [-0.2, -0.15) is 0 Å². The van der Waals surface area contributed by atoms with E-state index in [1.54, 1.807) is 18.4 Å². The second-order valence-electron chi connectivity index (χ2n) is 17.0. The number of thiazole rings is 1.